The molecular weight excluding hydrogens is 383 g/mol. The number of halogens is 1. The van der Waals surface area contributed by atoms with E-state index in [9.17, 15) is 14.0 Å². The van der Waals surface area contributed by atoms with Crippen LogP contribution in [0.15, 0.2) is 24.3 Å². The Labute approximate surface area is 179 Å². The minimum atomic E-state index is -0.297. The summed E-state index contributed by atoms with van der Waals surface area (Å²) >= 11 is 0. The van der Waals surface area contributed by atoms with Gasteiger partial charge in [0.2, 0.25) is 11.8 Å². The molecule has 2 aliphatic heterocycles. The van der Waals surface area contributed by atoms with E-state index in [2.05, 4.69) is 13.8 Å². The second kappa shape index (κ2) is 10.3. The molecule has 0 N–H and O–H groups in total. The predicted octanol–water partition coefficient (Wildman–Crippen LogP) is 4.26. The molecule has 166 valence electrons. The summed E-state index contributed by atoms with van der Waals surface area (Å²) in [5.41, 5.74) is -0.294. The van der Waals surface area contributed by atoms with E-state index < -0.39 is 0 Å². The first kappa shape index (κ1) is 22.6. The molecule has 0 unspecified atom stereocenters. The molecule has 1 aromatic carbocycles. The third-order valence-electron chi connectivity index (χ3n) is 6.35. The summed E-state index contributed by atoms with van der Waals surface area (Å²) in [5, 5.41) is 0. The third-order valence-corrected chi connectivity index (χ3v) is 6.35. The van der Waals surface area contributed by atoms with Gasteiger partial charge in [-0.3, -0.25) is 9.59 Å². The van der Waals surface area contributed by atoms with Gasteiger partial charge in [0.25, 0.3) is 0 Å². The predicted molar refractivity (Wildman–Crippen MR) is 115 cm³/mol. The van der Waals surface area contributed by atoms with Gasteiger partial charge < -0.3 is 14.5 Å². The van der Waals surface area contributed by atoms with Crippen LogP contribution in [0.25, 0.3) is 0 Å². The summed E-state index contributed by atoms with van der Waals surface area (Å²) in [7, 11) is 0. The van der Waals surface area contributed by atoms with Crippen LogP contribution in [-0.2, 0) is 9.59 Å². The van der Waals surface area contributed by atoms with Gasteiger partial charge >= 0.3 is 0 Å². The smallest absolute Gasteiger partial charge is 0.223 e. The molecule has 2 saturated heterocycles. The molecule has 30 heavy (non-hydrogen) atoms. The van der Waals surface area contributed by atoms with Gasteiger partial charge in [0.05, 0.1) is 6.61 Å². The average molecular weight is 419 g/mol. The van der Waals surface area contributed by atoms with Gasteiger partial charge in [0.15, 0.2) is 0 Å². The van der Waals surface area contributed by atoms with E-state index >= 15 is 0 Å². The molecule has 0 atom stereocenters. The van der Waals surface area contributed by atoms with Crippen LogP contribution in [0.4, 0.5) is 4.39 Å². The van der Waals surface area contributed by atoms with E-state index in [-0.39, 0.29) is 23.0 Å². The van der Waals surface area contributed by atoms with E-state index in [1.165, 1.54) is 18.6 Å². The maximum atomic E-state index is 13.2. The molecule has 5 nitrogen and oxygen atoms in total. The average Bonchev–Trinajstić information content (AvgIpc) is 2.74. The molecule has 2 aliphatic rings. The number of likely N-dealkylation sites (tertiary alicyclic amines) is 2. The Hall–Kier alpha value is -2.11. The zero-order chi connectivity index (χ0) is 21.6. The SMILES string of the molecule is CC(C)CC(=O)N1CCC(COc2ccc(F)cc2)(CC(=O)N2CCCCC2)CC1. The van der Waals surface area contributed by atoms with Crippen molar-refractivity contribution in [3.63, 3.8) is 0 Å². The van der Waals surface area contributed by atoms with Crippen molar-refractivity contribution in [2.75, 3.05) is 32.8 Å². The maximum absolute atomic E-state index is 13.2. The highest BCUT2D eigenvalue weighted by Crippen LogP contribution is 2.37. The van der Waals surface area contributed by atoms with Crippen LogP contribution in [0.2, 0.25) is 0 Å². The topological polar surface area (TPSA) is 49.9 Å². The lowest BCUT2D eigenvalue weighted by Crippen LogP contribution is -2.48. The van der Waals surface area contributed by atoms with Gasteiger partial charge in [-0.2, -0.15) is 0 Å². The fourth-order valence-electron chi connectivity index (χ4n) is 4.42. The van der Waals surface area contributed by atoms with Gasteiger partial charge in [-0.1, -0.05) is 13.8 Å². The van der Waals surface area contributed by atoms with Gasteiger partial charge in [-0.25, -0.2) is 4.39 Å². The van der Waals surface area contributed by atoms with Crippen LogP contribution < -0.4 is 4.74 Å². The van der Waals surface area contributed by atoms with Crippen LogP contribution in [0.3, 0.4) is 0 Å². The van der Waals surface area contributed by atoms with E-state index in [1.54, 1.807) is 12.1 Å². The number of nitrogens with zero attached hydrogens (tertiary/aromatic N) is 2. The van der Waals surface area contributed by atoms with Gasteiger partial charge in [0, 0.05) is 44.4 Å². The molecule has 0 radical (unpaired) electrons. The van der Waals surface area contributed by atoms with Crippen molar-refractivity contribution in [1.29, 1.82) is 0 Å². The van der Waals surface area contributed by atoms with Gasteiger partial charge in [-0.15, -0.1) is 0 Å². The number of rotatable bonds is 7. The third kappa shape index (κ3) is 6.19. The van der Waals surface area contributed by atoms with Crippen molar-refractivity contribution in [3.8, 4) is 5.75 Å². The Balaban J connectivity index is 1.66. The number of amides is 2. The molecular formula is C24H35FN2O3. The number of hydrogen-bond donors (Lipinski definition) is 0. The van der Waals surface area contributed by atoms with E-state index in [0.717, 1.165) is 38.8 Å². The molecule has 2 amide bonds. The molecule has 0 bridgehead atoms. The second-order valence-corrected chi connectivity index (χ2v) is 9.34. The first-order valence-corrected chi connectivity index (χ1v) is 11.3. The molecule has 1 aromatic rings. The molecule has 2 fully saturated rings. The molecule has 6 heteroatoms. The van der Waals surface area contributed by atoms with E-state index in [0.29, 0.717) is 44.2 Å². The van der Waals surface area contributed by atoms with Crippen molar-refractivity contribution in [1.82, 2.24) is 9.80 Å². The van der Waals surface area contributed by atoms with Crippen LogP contribution >= 0.6 is 0 Å². The summed E-state index contributed by atoms with van der Waals surface area (Å²) in [5.74, 6) is 1.04. The number of carbonyl (C=O) groups is 2. The quantitative estimate of drug-likeness (QED) is 0.665. The number of ether oxygens (including phenoxy) is 1. The van der Waals surface area contributed by atoms with Crippen molar-refractivity contribution in [2.45, 2.75) is 58.8 Å². The Morgan fingerprint density at radius 1 is 0.967 bits per heavy atom. The highest BCUT2D eigenvalue weighted by Gasteiger charge is 2.39. The van der Waals surface area contributed by atoms with E-state index in [4.69, 9.17) is 4.74 Å². The molecule has 2 heterocycles. The van der Waals surface area contributed by atoms with Crippen LogP contribution in [0.5, 0.6) is 5.75 Å². The lowest BCUT2D eigenvalue weighted by atomic mass is 9.75. The zero-order valence-electron chi connectivity index (χ0n) is 18.4. The fraction of sp³-hybridized carbons (Fsp3) is 0.667. The Morgan fingerprint density at radius 2 is 1.57 bits per heavy atom. The molecule has 0 saturated carbocycles. The Morgan fingerprint density at radius 3 is 2.17 bits per heavy atom. The van der Waals surface area contributed by atoms with Crippen LogP contribution in [-0.4, -0.2) is 54.4 Å². The highest BCUT2D eigenvalue weighted by molar-refractivity contribution is 5.78. The fourth-order valence-corrected chi connectivity index (χ4v) is 4.42. The van der Waals surface area contributed by atoms with E-state index in [1.807, 2.05) is 9.80 Å². The second-order valence-electron chi connectivity index (χ2n) is 9.34. The Bertz CT molecular complexity index is 706. The standard InChI is InChI=1S/C24H35FN2O3/c1-19(2)16-22(28)27-14-10-24(11-15-27,17-23(29)26-12-4-3-5-13-26)18-30-21-8-6-20(25)7-9-21/h6-9,19H,3-5,10-18H2,1-2H3. The van der Waals surface area contributed by atoms with Crippen molar-refractivity contribution in [3.05, 3.63) is 30.1 Å². The normalized spacial score (nSPS) is 19.1. The minimum absolute atomic E-state index is 0.194. The molecule has 0 aliphatic carbocycles. The first-order valence-electron chi connectivity index (χ1n) is 11.3. The number of carbonyl (C=O) groups excluding carboxylic acids is 2. The van der Waals surface area contributed by atoms with Crippen molar-refractivity contribution < 1.29 is 18.7 Å². The minimum Gasteiger partial charge on any atom is -0.493 e. The molecule has 0 aromatic heterocycles. The van der Waals surface area contributed by atoms with Crippen molar-refractivity contribution >= 4 is 11.8 Å². The molecule has 3 rings (SSSR count). The zero-order valence-corrected chi connectivity index (χ0v) is 18.4. The van der Waals surface area contributed by atoms with Crippen LogP contribution in [0.1, 0.15) is 58.8 Å². The summed E-state index contributed by atoms with van der Waals surface area (Å²) < 4.78 is 19.2. The largest absolute Gasteiger partial charge is 0.493 e. The Kier molecular flexibility index (Phi) is 7.73. The van der Waals surface area contributed by atoms with Crippen LogP contribution in [0, 0.1) is 17.2 Å². The summed E-state index contributed by atoms with van der Waals surface area (Å²) in [6.45, 7) is 7.51. The number of benzene rings is 1. The van der Waals surface area contributed by atoms with Crippen molar-refractivity contribution in [2.24, 2.45) is 11.3 Å². The number of hydrogen-bond acceptors (Lipinski definition) is 3. The number of piperidine rings is 2. The lowest BCUT2D eigenvalue weighted by molar-refractivity contribution is -0.138. The van der Waals surface area contributed by atoms with Gasteiger partial charge in [-0.05, 0) is 62.3 Å². The summed E-state index contributed by atoms with van der Waals surface area (Å²) in [6.07, 6.45) is 5.83. The highest BCUT2D eigenvalue weighted by atomic mass is 19.1. The molecule has 0 spiro atoms. The summed E-state index contributed by atoms with van der Waals surface area (Å²) in [6, 6.07) is 6.01. The lowest BCUT2D eigenvalue weighted by Gasteiger charge is -2.42. The monoisotopic (exact) mass is 418 g/mol. The van der Waals surface area contributed by atoms with Gasteiger partial charge in [0.1, 0.15) is 11.6 Å². The maximum Gasteiger partial charge on any atom is 0.223 e. The first-order chi connectivity index (χ1) is 14.4. The summed E-state index contributed by atoms with van der Waals surface area (Å²) in [4.78, 5) is 29.4.